The van der Waals surface area contributed by atoms with Crippen molar-refractivity contribution in [2.75, 3.05) is 17.2 Å². The first-order valence-corrected chi connectivity index (χ1v) is 11.9. The van der Waals surface area contributed by atoms with Gasteiger partial charge in [0.05, 0.1) is 29.4 Å². The molecule has 1 aliphatic heterocycles. The van der Waals surface area contributed by atoms with Crippen molar-refractivity contribution in [1.82, 2.24) is 4.72 Å². The van der Waals surface area contributed by atoms with Gasteiger partial charge in [0.15, 0.2) is 0 Å². The number of hydrogen-bond acceptors (Lipinski definition) is 6. The number of nitrogens with one attached hydrogen (secondary N) is 1. The molecule has 1 saturated heterocycles. The molecule has 29 heavy (non-hydrogen) atoms. The van der Waals surface area contributed by atoms with Crippen LogP contribution in [0.25, 0.3) is 0 Å². The van der Waals surface area contributed by atoms with Crippen LogP contribution in [0.15, 0.2) is 47.4 Å². The molecule has 2 aromatic rings. The number of carbonyl (C=O) groups excluding carboxylic acids is 1. The van der Waals surface area contributed by atoms with Crippen LogP contribution in [0.4, 0.5) is 5.69 Å². The van der Waals surface area contributed by atoms with Gasteiger partial charge in [-0.3, -0.25) is 4.79 Å². The predicted octanol–water partition coefficient (Wildman–Crippen LogP) is 1.79. The molecule has 1 atom stereocenters. The van der Waals surface area contributed by atoms with Crippen LogP contribution < -0.4 is 13.8 Å². The van der Waals surface area contributed by atoms with E-state index in [1.807, 2.05) is 0 Å². The fraction of sp³-hybridized carbons (Fsp3) is 0.316. The Morgan fingerprint density at radius 1 is 1.21 bits per heavy atom. The topological polar surface area (TPSA) is 110 Å². The van der Waals surface area contributed by atoms with Gasteiger partial charge in [0, 0.05) is 12.1 Å². The van der Waals surface area contributed by atoms with Crippen LogP contribution in [-0.4, -0.2) is 35.6 Å². The second-order valence-electron chi connectivity index (χ2n) is 6.87. The van der Waals surface area contributed by atoms with Crippen LogP contribution in [0, 0.1) is 12.8 Å². The highest BCUT2D eigenvalue weighted by Gasteiger charge is 2.42. The number of hydrogen-bond donors (Lipinski definition) is 1. The molecule has 0 aromatic heterocycles. The summed E-state index contributed by atoms with van der Waals surface area (Å²) >= 11 is 0. The predicted molar refractivity (Wildman–Crippen MR) is 109 cm³/mol. The lowest BCUT2D eigenvalue weighted by molar-refractivity contribution is -0.119. The number of sulfonamides is 2. The summed E-state index contributed by atoms with van der Waals surface area (Å²) in [5.74, 6) is -0.847. The molecule has 1 fully saturated rings. The van der Waals surface area contributed by atoms with Crippen molar-refractivity contribution in [3.05, 3.63) is 53.6 Å². The fourth-order valence-corrected chi connectivity index (χ4v) is 6.29. The molecule has 3 rings (SSSR count). The Balaban J connectivity index is 1.87. The van der Waals surface area contributed by atoms with Crippen LogP contribution in [0.2, 0.25) is 0 Å². The first kappa shape index (κ1) is 21.3. The molecule has 0 spiro atoms. The third-order valence-electron chi connectivity index (χ3n) is 4.69. The monoisotopic (exact) mass is 438 g/mol. The summed E-state index contributed by atoms with van der Waals surface area (Å²) in [7, 11) is -6.11. The van der Waals surface area contributed by atoms with Gasteiger partial charge in [-0.05, 0) is 36.8 Å². The molecule has 1 unspecified atom stereocenters. The quantitative estimate of drug-likeness (QED) is 0.736. The molecule has 1 N–H and O–H groups in total. The summed E-state index contributed by atoms with van der Waals surface area (Å²) in [5, 5.41) is 0. The van der Waals surface area contributed by atoms with Crippen LogP contribution in [-0.2, 0) is 31.4 Å². The highest BCUT2D eigenvalue weighted by atomic mass is 32.2. The molecule has 1 amide bonds. The molecular weight excluding hydrogens is 416 g/mol. The van der Waals surface area contributed by atoms with Crippen molar-refractivity contribution in [2.24, 2.45) is 5.92 Å². The number of nitrogens with zero attached hydrogens (tertiary/aromatic N) is 1. The lowest BCUT2D eigenvalue weighted by Gasteiger charge is -2.17. The van der Waals surface area contributed by atoms with Crippen molar-refractivity contribution < 1.29 is 26.4 Å². The Bertz CT molecular complexity index is 1160. The van der Waals surface area contributed by atoms with E-state index in [1.54, 1.807) is 38.1 Å². The number of para-hydroxylation sites is 1. The van der Waals surface area contributed by atoms with E-state index in [1.165, 1.54) is 25.3 Å². The highest BCUT2D eigenvalue weighted by molar-refractivity contribution is 7.94. The Kier molecular flexibility index (Phi) is 5.70. The summed E-state index contributed by atoms with van der Waals surface area (Å²) in [6.07, 6.45) is 0. The normalized spacial score (nSPS) is 18.8. The zero-order valence-corrected chi connectivity index (χ0v) is 17.9. The summed E-state index contributed by atoms with van der Waals surface area (Å²) in [4.78, 5) is 12.2. The van der Waals surface area contributed by atoms with Crippen LogP contribution in [0.1, 0.15) is 18.1 Å². The number of ether oxygens (including phenoxy) is 1. The average molecular weight is 439 g/mol. The van der Waals surface area contributed by atoms with Gasteiger partial charge in [-0.15, -0.1) is 0 Å². The van der Waals surface area contributed by atoms with Crippen molar-refractivity contribution in [3.63, 3.8) is 0 Å². The largest absolute Gasteiger partial charge is 0.496 e. The maximum absolute atomic E-state index is 12.8. The van der Waals surface area contributed by atoms with Crippen molar-refractivity contribution in [3.8, 4) is 5.75 Å². The van der Waals surface area contributed by atoms with E-state index in [0.717, 1.165) is 4.31 Å². The number of benzene rings is 2. The summed E-state index contributed by atoms with van der Waals surface area (Å²) in [5.41, 5.74) is 1.15. The zero-order chi connectivity index (χ0) is 21.4. The Morgan fingerprint density at radius 2 is 1.90 bits per heavy atom. The Hall–Kier alpha value is -2.43. The molecule has 0 bridgehead atoms. The lowest BCUT2D eigenvalue weighted by atomic mass is 10.2. The number of carbonyl (C=O) groups is 1. The minimum absolute atomic E-state index is 0.00763. The summed E-state index contributed by atoms with van der Waals surface area (Å²) in [6, 6.07) is 11.1. The minimum atomic E-state index is -3.87. The van der Waals surface area contributed by atoms with E-state index < -0.39 is 31.9 Å². The number of amides is 1. The minimum Gasteiger partial charge on any atom is -0.496 e. The van der Waals surface area contributed by atoms with E-state index in [2.05, 4.69) is 4.72 Å². The van der Waals surface area contributed by atoms with Gasteiger partial charge in [0.25, 0.3) is 0 Å². The second kappa shape index (κ2) is 7.77. The summed E-state index contributed by atoms with van der Waals surface area (Å²) < 4.78 is 58.5. The highest BCUT2D eigenvalue weighted by Crippen LogP contribution is 2.30. The molecule has 1 heterocycles. The average Bonchev–Trinajstić information content (AvgIpc) is 2.86. The molecule has 1 aliphatic rings. The van der Waals surface area contributed by atoms with Crippen molar-refractivity contribution >= 4 is 31.6 Å². The Morgan fingerprint density at radius 3 is 2.48 bits per heavy atom. The van der Waals surface area contributed by atoms with Crippen LogP contribution in [0.3, 0.4) is 0 Å². The van der Waals surface area contributed by atoms with E-state index in [9.17, 15) is 21.6 Å². The van der Waals surface area contributed by atoms with Gasteiger partial charge in [-0.2, -0.15) is 0 Å². The number of methoxy groups -OCH3 is 1. The molecular formula is C19H22N2O6S2. The van der Waals surface area contributed by atoms with E-state index in [0.29, 0.717) is 16.9 Å². The van der Waals surface area contributed by atoms with E-state index in [-0.39, 0.29) is 22.9 Å². The molecule has 8 nitrogen and oxygen atoms in total. The lowest BCUT2D eigenvalue weighted by Crippen LogP contribution is -2.30. The molecule has 0 saturated carbocycles. The zero-order valence-electron chi connectivity index (χ0n) is 16.2. The molecule has 0 aliphatic carbocycles. The van der Waals surface area contributed by atoms with Crippen LogP contribution >= 0.6 is 0 Å². The third kappa shape index (κ3) is 4.14. The smallest absolute Gasteiger partial charge is 0.244 e. The maximum Gasteiger partial charge on any atom is 0.244 e. The first-order valence-electron chi connectivity index (χ1n) is 8.86. The second-order valence-corrected chi connectivity index (χ2v) is 10.5. The van der Waals surface area contributed by atoms with Gasteiger partial charge in [-0.1, -0.05) is 25.1 Å². The standard InChI is InChI=1S/C19H22N2O6S2/c1-13-10-16(21-19(22)14(2)12-28(21,23)24)8-9-18(13)29(25,26)20-11-15-6-4-5-7-17(15)27-3/h4-10,14,20H,11-12H2,1-3H3. The number of rotatable bonds is 6. The van der Waals surface area contributed by atoms with E-state index >= 15 is 0 Å². The SMILES string of the molecule is COc1ccccc1CNS(=O)(=O)c1ccc(N2C(=O)C(C)CS2(=O)=O)cc1C. The third-order valence-corrected chi connectivity index (χ3v) is 8.12. The Labute approximate surface area is 170 Å². The molecule has 156 valence electrons. The molecule has 2 aromatic carbocycles. The first-order chi connectivity index (χ1) is 13.6. The number of aryl methyl sites for hydroxylation is 1. The maximum atomic E-state index is 12.8. The van der Waals surface area contributed by atoms with Gasteiger partial charge >= 0.3 is 0 Å². The molecule has 10 heteroatoms. The van der Waals surface area contributed by atoms with Gasteiger partial charge in [0.1, 0.15) is 5.75 Å². The summed E-state index contributed by atoms with van der Waals surface area (Å²) in [6.45, 7) is 3.13. The van der Waals surface area contributed by atoms with Crippen molar-refractivity contribution in [2.45, 2.75) is 25.3 Å². The fourth-order valence-electron chi connectivity index (χ4n) is 3.25. The molecule has 0 radical (unpaired) electrons. The van der Waals surface area contributed by atoms with Gasteiger partial charge in [0.2, 0.25) is 26.0 Å². The van der Waals surface area contributed by atoms with Crippen molar-refractivity contribution in [1.29, 1.82) is 0 Å². The van der Waals surface area contributed by atoms with Crippen LogP contribution in [0.5, 0.6) is 5.75 Å². The van der Waals surface area contributed by atoms with Gasteiger partial charge in [-0.25, -0.2) is 25.9 Å². The van der Waals surface area contributed by atoms with E-state index in [4.69, 9.17) is 4.74 Å². The number of anilines is 1. The van der Waals surface area contributed by atoms with Gasteiger partial charge < -0.3 is 4.74 Å².